The lowest BCUT2D eigenvalue weighted by atomic mass is 10.0. The molecule has 2 fully saturated rings. The molecule has 3 aromatic rings. The largest absolute Gasteiger partial charge is 0.491 e. The number of likely N-dealkylation sites (N-methyl/N-ethyl adjacent to an activating group) is 1. The molecule has 45 heavy (non-hydrogen) atoms. The van der Waals surface area contributed by atoms with Crippen LogP contribution in [0.1, 0.15) is 41.4 Å². The van der Waals surface area contributed by atoms with Gasteiger partial charge in [0.1, 0.15) is 37.7 Å². The first-order chi connectivity index (χ1) is 21.7. The summed E-state index contributed by atoms with van der Waals surface area (Å²) in [6.07, 6.45) is 1.65. The van der Waals surface area contributed by atoms with Gasteiger partial charge in [0.15, 0.2) is 0 Å². The lowest BCUT2D eigenvalue weighted by Crippen LogP contribution is -2.42. The van der Waals surface area contributed by atoms with Gasteiger partial charge in [0.2, 0.25) is 0 Å². The van der Waals surface area contributed by atoms with Crippen molar-refractivity contribution < 1.29 is 33.4 Å². The number of aromatic nitrogens is 1. The molecule has 0 aliphatic carbocycles. The smallest absolute Gasteiger partial charge is 0.409 e. The number of carbonyl (C=O) groups excluding carboxylic acids is 4. The number of amides is 2. The Morgan fingerprint density at radius 2 is 1.73 bits per heavy atom. The fraction of sp³-hybridized carbons (Fsp3) is 0.455. The highest BCUT2D eigenvalue weighted by atomic mass is 16.6. The van der Waals surface area contributed by atoms with Crippen LogP contribution in [0, 0.1) is 13.8 Å². The van der Waals surface area contributed by atoms with E-state index in [2.05, 4.69) is 34.4 Å². The summed E-state index contributed by atoms with van der Waals surface area (Å²) in [5.41, 5.74) is 9.77. The topological polar surface area (TPSA) is 156 Å². The molecule has 0 bridgehead atoms. The van der Waals surface area contributed by atoms with Crippen LogP contribution in [0.2, 0.25) is 0 Å². The summed E-state index contributed by atoms with van der Waals surface area (Å²) < 4.78 is 16.3. The van der Waals surface area contributed by atoms with Crippen LogP contribution >= 0.6 is 0 Å². The maximum Gasteiger partial charge on any atom is 0.409 e. The van der Waals surface area contributed by atoms with Gasteiger partial charge in [0.05, 0.1) is 24.4 Å². The van der Waals surface area contributed by atoms with Crippen LogP contribution in [0.3, 0.4) is 0 Å². The highest BCUT2D eigenvalue weighted by Gasteiger charge is 2.24. The lowest BCUT2D eigenvalue weighted by molar-refractivity contribution is -0.0987. The summed E-state index contributed by atoms with van der Waals surface area (Å²) in [5, 5.41) is 4.58. The third kappa shape index (κ3) is 10.9. The van der Waals surface area contributed by atoms with Gasteiger partial charge >= 0.3 is 6.09 Å². The van der Waals surface area contributed by atoms with Crippen LogP contribution in [0.4, 0.5) is 10.5 Å². The number of carbonyl (C=O) groups is 4. The number of rotatable bonds is 7. The van der Waals surface area contributed by atoms with Crippen LogP contribution < -0.4 is 15.8 Å². The normalized spacial score (nSPS) is 16.5. The maximum absolute atomic E-state index is 11.8. The number of fused-ring (bicyclic) bond motifs is 1. The van der Waals surface area contributed by atoms with Gasteiger partial charge in [-0.2, -0.15) is 0 Å². The second kappa shape index (κ2) is 19.1. The Morgan fingerprint density at radius 1 is 1.07 bits per heavy atom. The Kier molecular flexibility index (Phi) is 15.6. The number of benzene rings is 2. The number of H-pyrrole nitrogens is 1. The zero-order valence-corrected chi connectivity index (χ0v) is 26.8. The monoisotopic (exact) mass is 625 g/mol. The van der Waals surface area contributed by atoms with Gasteiger partial charge in [-0.3, -0.25) is 4.79 Å². The van der Waals surface area contributed by atoms with Crippen LogP contribution in [-0.2, 0) is 19.1 Å². The number of para-hydroxylation sites is 1. The van der Waals surface area contributed by atoms with Gasteiger partial charge in [-0.15, -0.1) is 0 Å². The predicted molar refractivity (Wildman–Crippen MR) is 175 cm³/mol. The van der Waals surface area contributed by atoms with Crippen LogP contribution in [0.15, 0.2) is 42.5 Å². The number of piperidine rings is 1. The van der Waals surface area contributed by atoms with Crippen molar-refractivity contribution in [2.75, 3.05) is 58.4 Å². The maximum atomic E-state index is 11.8. The number of morpholine rings is 1. The number of nitrogens with zero attached hydrogens (tertiary/aromatic N) is 2. The van der Waals surface area contributed by atoms with Crippen molar-refractivity contribution in [3.8, 4) is 5.75 Å². The molecule has 3 heterocycles. The molecule has 2 aliphatic heterocycles. The minimum atomic E-state index is -0.454. The molecule has 2 amide bonds. The Bertz CT molecular complexity index is 1340. The quantitative estimate of drug-likeness (QED) is 0.354. The molecule has 12 nitrogen and oxygen atoms in total. The van der Waals surface area contributed by atoms with Crippen molar-refractivity contribution in [3.05, 3.63) is 59.3 Å². The molecule has 4 N–H and O–H groups in total. The van der Waals surface area contributed by atoms with Crippen LogP contribution in [0.5, 0.6) is 5.75 Å². The number of hydrogen-bond acceptors (Lipinski definition) is 9. The number of hydrogen-bond donors (Lipinski definition) is 3. The number of aromatic amines is 1. The zero-order valence-electron chi connectivity index (χ0n) is 26.8. The summed E-state index contributed by atoms with van der Waals surface area (Å²) in [4.78, 5) is 46.7. The average Bonchev–Trinajstić information content (AvgIpc) is 3.39. The third-order valence-electron chi connectivity index (χ3n) is 7.46. The van der Waals surface area contributed by atoms with E-state index in [4.69, 9.17) is 29.5 Å². The molecule has 0 spiro atoms. The fourth-order valence-electron chi connectivity index (χ4n) is 5.25. The van der Waals surface area contributed by atoms with E-state index in [1.807, 2.05) is 64.7 Å². The van der Waals surface area contributed by atoms with Crippen LogP contribution in [0.25, 0.3) is 10.9 Å². The molecule has 1 atom stereocenters. The Balaban J connectivity index is 0.000000315. The molecule has 0 radical (unpaired) electrons. The molecular formula is C33H47N5O7. The Morgan fingerprint density at radius 3 is 2.33 bits per heavy atom. The first-order valence-corrected chi connectivity index (χ1v) is 14.9. The van der Waals surface area contributed by atoms with Gasteiger partial charge in [-0.05, 0) is 76.1 Å². The summed E-state index contributed by atoms with van der Waals surface area (Å²) in [6.45, 7) is 14.9. The van der Waals surface area contributed by atoms with Crippen LogP contribution in [-0.4, -0.2) is 106 Å². The van der Waals surface area contributed by atoms with Crippen molar-refractivity contribution in [1.82, 2.24) is 14.8 Å². The third-order valence-corrected chi connectivity index (χ3v) is 7.46. The molecule has 1 aromatic heterocycles. The highest BCUT2D eigenvalue weighted by molar-refractivity contribution is 6.03. The van der Waals surface area contributed by atoms with Crippen molar-refractivity contribution in [1.29, 1.82) is 0 Å². The number of likely N-dealkylation sites (tertiary alicyclic amines) is 1. The van der Waals surface area contributed by atoms with Crippen molar-refractivity contribution in [2.24, 2.45) is 5.73 Å². The van der Waals surface area contributed by atoms with E-state index >= 15 is 0 Å². The number of nitrogens with two attached hydrogens (primary N) is 1. The average molecular weight is 626 g/mol. The van der Waals surface area contributed by atoms with Gasteiger partial charge in [0, 0.05) is 37.6 Å². The zero-order chi connectivity index (χ0) is 33.4. The van der Waals surface area contributed by atoms with Gasteiger partial charge in [-0.25, -0.2) is 4.79 Å². The lowest BCUT2D eigenvalue weighted by Gasteiger charge is -2.32. The number of anilines is 1. The molecule has 12 heteroatoms. The SMILES string of the molecule is C=O.C=O.CCOC(=O)N1CCC(Nc2cc(C)cc3c(C)c(C(N)=O)[nH]c23)CC1.CN1CCO[C@H](COc2ccccc2)C1. The summed E-state index contributed by atoms with van der Waals surface area (Å²) in [6, 6.07) is 14.2. The predicted octanol–water partition coefficient (Wildman–Crippen LogP) is 3.94. The first kappa shape index (κ1) is 36.8. The Hall–Kier alpha value is -4.42. The van der Waals surface area contributed by atoms with Gasteiger partial charge in [-0.1, -0.05) is 18.2 Å². The summed E-state index contributed by atoms with van der Waals surface area (Å²) in [5.74, 6) is 0.458. The Labute approximate surface area is 265 Å². The minimum Gasteiger partial charge on any atom is -0.491 e. The number of primary amides is 1. The van der Waals surface area contributed by atoms with Crippen molar-refractivity contribution in [2.45, 2.75) is 45.8 Å². The molecular weight excluding hydrogens is 578 g/mol. The standard InChI is InChI=1S/C19H26N4O3.C12H17NO2.2CH2O/c1-4-26-19(25)23-7-5-13(6-8-23)21-15-10-11(2)9-14-12(3)16(18(20)24)22-17(14)15;1-13-7-8-14-12(9-13)10-15-11-5-3-2-4-6-11;2*1-2/h9-10,13,21-22H,4-8H2,1-3H3,(H2,20,24);2-6,12H,7-10H2,1H3;2*1H2/t;12-;;/m.0../s1. The van der Waals surface area contributed by atoms with Gasteiger partial charge in [0.25, 0.3) is 5.91 Å². The molecule has 246 valence electrons. The van der Waals surface area contributed by atoms with E-state index in [0.717, 1.165) is 66.0 Å². The number of nitrogens with one attached hydrogen (secondary N) is 2. The fourth-order valence-corrected chi connectivity index (χ4v) is 5.25. The minimum absolute atomic E-state index is 0.198. The number of aryl methyl sites for hydroxylation is 2. The molecule has 0 unspecified atom stereocenters. The number of ether oxygens (including phenoxy) is 3. The molecule has 0 saturated carbocycles. The van der Waals surface area contributed by atoms with Crippen molar-refractivity contribution in [3.63, 3.8) is 0 Å². The van der Waals surface area contributed by atoms with E-state index in [0.29, 0.717) is 32.0 Å². The second-order valence-corrected chi connectivity index (χ2v) is 10.7. The van der Waals surface area contributed by atoms with E-state index in [1.165, 1.54) is 0 Å². The summed E-state index contributed by atoms with van der Waals surface area (Å²) in [7, 11) is 2.11. The molecule has 2 aromatic carbocycles. The molecule has 2 aliphatic rings. The first-order valence-electron chi connectivity index (χ1n) is 14.9. The highest BCUT2D eigenvalue weighted by Crippen LogP contribution is 2.31. The van der Waals surface area contributed by atoms with E-state index in [9.17, 15) is 9.59 Å². The van der Waals surface area contributed by atoms with E-state index in [1.54, 1.807) is 4.90 Å². The van der Waals surface area contributed by atoms with E-state index < -0.39 is 5.91 Å². The molecule has 2 saturated heterocycles. The summed E-state index contributed by atoms with van der Waals surface area (Å²) >= 11 is 0. The van der Waals surface area contributed by atoms with Crippen molar-refractivity contribution >= 4 is 42.2 Å². The van der Waals surface area contributed by atoms with E-state index in [-0.39, 0.29) is 18.2 Å². The van der Waals surface area contributed by atoms with Gasteiger partial charge < -0.3 is 49.6 Å². The molecule has 5 rings (SSSR count). The second-order valence-electron chi connectivity index (χ2n) is 10.7.